The van der Waals surface area contributed by atoms with Crippen LogP contribution < -0.4 is 22.5 Å². The summed E-state index contributed by atoms with van der Waals surface area (Å²) in [6, 6.07) is -0.210. The summed E-state index contributed by atoms with van der Waals surface area (Å²) in [5.41, 5.74) is 16.0. The summed E-state index contributed by atoms with van der Waals surface area (Å²) in [5.74, 6) is -0.240. The standard InChI is InChI=1S/C25H48N6O3/c1-2-3-4-5-6-7-8-9-11-15-20-21(25(16-14-19-34-25)31-24(28)30-20)22(32)33-18-13-10-12-17-29-23(26)27/h20-21H,2-19H2,1H3,(H4,26,27,29)(H3,28,30,31)/t20-,21-,25+/m0/s1. The molecule has 0 saturated carbocycles. The zero-order valence-corrected chi connectivity index (χ0v) is 21.2. The molecule has 7 N–H and O–H groups in total. The van der Waals surface area contributed by atoms with Crippen LogP contribution in [0, 0.1) is 5.92 Å². The van der Waals surface area contributed by atoms with Crippen LogP contribution in [0.3, 0.4) is 0 Å². The zero-order valence-electron chi connectivity index (χ0n) is 21.2. The fourth-order valence-corrected chi connectivity index (χ4v) is 5.00. The molecule has 0 aromatic carbocycles. The van der Waals surface area contributed by atoms with Gasteiger partial charge < -0.3 is 32.0 Å². The molecule has 9 nitrogen and oxygen atoms in total. The number of esters is 1. The Morgan fingerprint density at radius 3 is 2.41 bits per heavy atom. The van der Waals surface area contributed by atoms with E-state index in [4.69, 9.17) is 26.7 Å². The first-order valence-electron chi connectivity index (χ1n) is 13.5. The summed E-state index contributed by atoms with van der Waals surface area (Å²) in [7, 11) is 0. The van der Waals surface area contributed by atoms with Gasteiger partial charge in [-0.2, -0.15) is 0 Å². The Hall–Kier alpha value is -2.03. The van der Waals surface area contributed by atoms with Crippen molar-refractivity contribution in [3.63, 3.8) is 0 Å². The van der Waals surface area contributed by atoms with Crippen molar-refractivity contribution in [3.8, 4) is 0 Å². The minimum absolute atomic E-state index is 0.107. The normalized spacial score (nSPS) is 24.0. The van der Waals surface area contributed by atoms with Crippen LogP contribution in [-0.4, -0.2) is 49.4 Å². The van der Waals surface area contributed by atoms with Crippen LogP contribution in [0.4, 0.5) is 0 Å². The van der Waals surface area contributed by atoms with E-state index < -0.39 is 11.6 Å². The minimum Gasteiger partial charge on any atom is -0.465 e. The number of hydrogen-bond donors (Lipinski definition) is 4. The molecule has 0 bridgehead atoms. The van der Waals surface area contributed by atoms with Crippen molar-refractivity contribution in [2.45, 2.75) is 115 Å². The summed E-state index contributed by atoms with van der Waals surface area (Å²) in [6.45, 7) is 3.82. The van der Waals surface area contributed by atoms with Crippen LogP contribution in [0.25, 0.3) is 0 Å². The maximum Gasteiger partial charge on any atom is 0.316 e. The number of hydrogen-bond acceptors (Lipinski definition) is 7. The van der Waals surface area contributed by atoms with Gasteiger partial charge in [0.05, 0.1) is 12.6 Å². The van der Waals surface area contributed by atoms with E-state index in [2.05, 4.69) is 22.2 Å². The molecule has 0 aromatic rings. The number of aliphatic imine (C=N–C) groups is 2. The third-order valence-electron chi connectivity index (χ3n) is 6.78. The molecule has 0 radical (unpaired) electrons. The number of carbonyl (C=O) groups excluding carboxylic acids is 1. The Bertz CT molecular complexity index is 645. The SMILES string of the molecule is CCCCCCCCCCC[C@@H]1N=C(N)N[C@@]2(CCCO2)[C@@H]1C(=O)OCCCCCN=C(N)N. The van der Waals surface area contributed by atoms with Crippen LogP contribution in [0.1, 0.15) is 103 Å². The van der Waals surface area contributed by atoms with Gasteiger partial charge in [0.15, 0.2) is 17.6 Å². The molecule has 0 amide bonds. The molecule has 1 spiro atoms. The van der Waals surface area contributed by atoms with Crippen LogP contribution in [0.15, 0.2) is 9.98 Å². The van der Waals surface area contributed by atoms with Crippen LogP contribution in [-0.2, 0) is 14.3 Å². The largest absolute Gasteiger partial charge is 0.465 e. The Kier molecular flexibility index (Phi) is 13.1. The minimum atomic E-state index is -0.791. The molecule has 2 heterocycles. The maximum atomic E-state index is 13.2. The maximum absolute atomic E-state index is 13.2. The first kappa shape index (κ1) is 28.2. The number of nitrogens with one attached hydrogen (secondary N) is 1. The molecule has 1 saturated heterocycles. The number of ether oxygens (including phenoxy) is 2. The molecule has 0 aliphatic carbocycles. The fraction of sp³-hybridized carbons (Fsp3) is 0.880. The Morgan fingerprint density at radius 2 is 1.76 bits per heavy atom. The van der Waals surface area contributed by atoms with Gasteiger partial charge in [-0.3, -0.25) is 9.79 Å². The summed E-state index contributed by atoms with van der Waals surface area (Å²) in [4.78, 5) is 21.8. The van der Waals surface area contributed by atoms with E-state index >= 15 is 0 Å². The van der Waals surface area contributed by atoms with Crippen LogP contribution in [0.2, 0.25) is 0 Å². The van der Waals surface area contributed by atoms with Crippen molar-refractivity contribution in [2.24, 2.45) is 33.1 Å². The van der Waals surface area contributed by atoms with Gasteiger partial charge in [0.25, 0.3) is 0 Å². The smallest absolute Gasteiger partial charge is 0.316 e. The number of guanidine groups is 2. The van der Waals surface area contributed by atoms with Crippen LogP contribution >= 0.6 is 0 Å². The van der Waals surface area contributed by atoms with Gasteiger partial charge in [-0.1, -0.05) is 64.7 Å². The van der Waals surface area contributed by atoms with Crippen molar-refractivity contribution in [1.82, 2.24) is 5.32 Å². The lowest BCUT2D eigenvalue weighted by Crippen LogP contribution is -2.64. The Morgan fingerprint density at radius 1 is 1.09 bits per heavy atom. The van der Waals surface area contributed by atoms with Crippen LogP contribution in [0.5, 0.6) is 0 Å². The number of carbonyl (C=O) groups is 1. The van der Waals surface area contributed by atoms with Crippen molar-refractivity contribution in [2.75, 3.05) is 19.8 Å². The molecule has 2 rings (SSSR count). The third kappa shape index (κ3) is 9.68. The second-order valence-corrected chi connectivity index (χ2v) is 9.68. The third-order valence-corrected chi connectivity index (χ3v) is 6.78. The van der Waals surface area contributed by atoms with E-state index in [1.165, 1.54) is 44.9 Å². The zero-order chi connectivity index (χ0) is 24.7. The van der Waals surface area contributed by atoms with Crippen molar-refractivity contribution < 1.29 is 14.3 Å². The highest BCUT2D eigenvalue weighted by Crippen LogP contribution is 2.38. The monoisotopic (exact) mass is 480 g/mol. The molecule has 1 fully saturated rings. The van der Waals surface area contributed by atoms with Gasteiger partial charge in [0.2, 0.25) is 0 Å². The molecule has 9 heteroatoms. The van der Waals surface area contributed by atoms with Gasteiger partial charge in [-0.05, 0) is 38.5 Å². The number of nitrogens with two attached hydrogens (primary N) is 3. The van der Waals surface area contributed by atoms with E-state index in [9.17, 15) is 4.79 Å². The van der Waals surface area contributed by atoms with Gasteiger partial charge in [0, 0.05) is 13.2 Å². The predicted octanol–water partition coefficient (Wildman–Crippen LogP) is 3.30. The topological polar surface area (TPSA) is 150 Å². The lowest BCUT2D eigenvalue weighted by atomic mass is 9.82. The Balaban J connectivity index is 1.81. The Labute approximate surface area is 205 Å². The van der Waals surface area contributed by atoms with E-state index in [0.717, 1.165) is 51.4 Å². The molecule has 2 aliphatic rings. The first-order chi connectivity index (χ1) is 16.5. The predicted molar refractivity (Wildman–Crippen MR) is 137 cm³/mol. The summed E-state index contributed by atoms with van der Waals surface area (Å²) >= 11 is 0. The van der Waals surface area contributed by atoms with E-state index in [1.54, 1.807) is 0 Å². The highest BCUT2D eigenvalue weighted by Gasteiger charge is 2.53. The lowest BCUT2D eigenvalue weighted by molar-refractivity contribution is -0.165. The summed E-state index contributed by atoms with van der Waals surface area (Å²) in [6.07, 6.45) is 16.3. The molecule has 2 aliphatic heterocycles. The second-order valence-electron chi connectivity index (χ2n) is 9.68. The molecular weight excluding hydrogens is 432 g/mol. The number of nitrogens with zero attached hydrogens (tertiary/aromatic N) is 2. The highest BCUT2D eigenvalue weighted by molar-refractivity contribution is 5.84. The van der Waals surface area contributed by atoms with Gasteiger partial charge in [0.1, 0.15) is 5.92 Å². The highest BCUT2D eigenvalue weighted by atomic mass is 16.5. The summed E-state index contributed by atoms with van der Waals surface area (Å²) < 4.78 is 11.8. The van der Waals surface area contributed by atoms with Crippen molar-refractivity contribution >= 4 is 17.9 Å². The molecule has 0 unspecified atom stereocenters. The second kappa shape index (κ2) is 15.8. The van der Waals surface area contributed by atoms with Gasteiger partial charge in [-0.25, -0.2) is 4.99 Å². The average molecular weight is 481 g/mol. The van der Waals surface area contributed by atoms with Gasteiger partial charge >= 0.3 is 5.97 Å². The van der Waals surface area contributed by atoms with Crippen molar-refractivity contribution in [1.29, 1.82) is 0 Å². The first-order valence-corrected chi connectivity index (χ1v) is 13.5. The molecule has 3 atom stereocenters. The quantitative estimate of drug-likeness (QED) is 0.108. The van der Waals surface area contributed by atoms with Gasteiger partial charge in [-0.15, -0.1) is 0 Å². The molecular formula is C25H48N6O3. The lowest BCUT2D eigenvalue weighted by Gasteiger charge is -2.42. The molecule has 196 valence electrons. The number of rotatable bonds is 17. The fourth-order valence-electron chi connectivity index (χ4n) is 5.00. The number of unbranched alkanes of at least 4 members (excludes halogenated alkanes) is 10. The van der Waals surface area contributed by atoms with E-state index in [-0.39, 0.29) is 18.0 Å². The van der Waals surface area contributed by atoms with E-state index in [0.29, 0.717) is 25.7 Å². The average Bonchev–Trinajstić information content (AvgIpc) is 3.24. The van der Waals surface area contributed by atoms with E-state index in [1.807, 2.05) is 0 Å². The molecule has 34 heavy (non-hydrogen) atoms. The summed E-state index contributed by atoms with van der Waals surface area (Å²) in [5, 5.41) is 3.18. The molecule has 0 aromatic heterocycles. The van der Waals surface area contributed by atoms with Crippen molar-refractivity contribution in [3.05, 3.63) is 0 Å².